The number of nitrogens with one attached hydrogen (secondary N) is 1. The van der Waals surface area contributed by atoms with Crippen LogP contribution in [0.3, 0.4) is 0 Å². The summed E-state index contributed by atoms with van der Waals surface area (Å²) in [6.45, 7) is 3.87. The van der Waals surface area contributed by atoms with Gasteiger partial charge in [0, 0.05) is 36.6 Å². The Morgan fingerprint density at radius 1 is 1.27 bits per heavy atom. The fraction of sp³-hybridized carbons (Fsp3) is 0.350. The van der Waals surface area contributed by atoms with Crippen LogP contribution in [0.1, 0.15) is 5.56 Å². The van der Waals surface area contributed by atoms with Gasteiger partial charge >= 0.3 is 0 Å². The lowest BCUT2D eigenvalue weighted by atomic mass is 10.2. The van der Waals surface area contributed by atoms with Gasteiger partial charge in [0.25, 0.3) is 0 Å². The number of thioether (sulfide) groups is 1. The van der Waals surface area contributed by atoms with Crippen LogP contribution in [-0.4, -0.2) is 49.8 Å². The zero-order valence-electron chi connectivity index (χ0n) is 14.6. The highest BCUT2D eigenvalue weighted by Gasteiger charge is 2.22. The molecule has 0 aliphatic carbocycles. The molecule has 0 bridgehead atoms. The average molecular weight is 369 g/mol. The fourth-order valence-electron chi connectivity index (χ4n) is 3.07. The standard InChI is InChI=1S/C20H23N3O2S/c1-2-8-22-20(3-1)23-9-10-24-18(13-23)14-25-17-6-4-16(5-7-17)11-19-12-21-15-26-19/h1-8,11,18,21H,9-10,12-15H2/t18-/m0/s1. The Kier molecular flexibility index (Phi) is 5.74. The lowest BCUT2D eigenvalue weighted by Gasteiger charge is -2.33. The molecule has 2 aliphatic rings. The van der Waals surface area contributed by atoms with Gasteiger partial charge in [0.05, 0.1) is 6.61 Å². The van der Waals surface area contributed by atoms with Gasteiger partial charge in [-0.2, -0.15) is 0 Å². The van der Waals surface area contributed by atoms with Crippen LogP contribution in [-0.2, 0) is 4.74 Å². The van der Waals surface area contributed by atoms with Crippen LogP contribution < -0.4 is 15.0 Å². The molecule has 2 saturated heterocycles. The summed E-state index contributed by atoms with van der Waals surface area (Å²) >= 11 is 1.86. The molecule has 26 heavy (non-hydrogen) atoms. The van der Waals surface area contributed by atoms with E-state index in [2.05, 4.69) is 33.4 Å². The minimum atomic E-state index is 0.0495. The number of rotatable bonds is 5. The van der Waals surface area contributed by atoms with Crippen molar-refractivity contribution in [2.45, 2.75) is 6.10 Å². The lowest BCUT2D eigenvalue weighted by molar-refractivity contribution is 0.0100. The van der Waals surface area contributed by atoms with Crippen LogP contribution in [0.5, 0.6) is 5.75 Å². The number of nitrogens with zero attached hydrogens (tertiary/aromatic N) is 2. The van der Waals surface area contributed by atoms with Crippen molar-refractivity contribution in [1.82, 2.24) is 10.3 Å². The van der Waals surface area contributed by atoms with E-state index < -0.39 is 0 Å². The molecule has 3 heterocycles. The zero-order valence-corrected chi connectivity index (χ0v) is 15.5. The number of morpholine rings is 1. The molecule has 2 aromatic rings. The zero-order chi connectivity index (χ0) is 17.6. The molecule has 2 aliphatic heterocycles. The first kappa shape index (κ1) is 17.4. The van der Waals surface area contributed by atoms with Crippen molar-refractivity contribution in [3.8, 4) is 5.75 Å². The Hall–Kier alpha value is -2.02. The summed E-state index contributed by atoms with van der Waals surface area (Å²) in [7, 11) is 0. The molecule has 6 heteroatoms. The maximum Gasteiger partial charge on any atom is 0.128 e. The minimum absolute atomic E-state index is 0.0495. The van der Waals surface area contributed by atoms with Crippen LogP contribution in [0, 0.1) is 0 Å². The van der Waals surface area contributed by atoms with E-state index in [-0.39, 0.29) is 6.10 Å². The first-order valence-electron chi connectivity index (χ1n) is 8.91. The molecule has 1 aromatic carbocycles. The summed E-state index contributed by atoms with van der Waals surface area (Å²) in [6.07, 6.45) is 4.10. The number of benzene rings is 1. The van der Waals surface area contributed by atoms with E-state index in [0.717, 1.165) is 37.1 Å². The predicted molar refractivity (Wildman–Crippen MR) is 107 cm³/mol. The van der Waals surface area contributed by atoms with Crippen molar-refractivity contribution in [3.05, 3.63) is 59.1 Å². The summed E-state index contributed by atoms with van der Waals surface area (Å²) in [5.74, 6) is 2.88. The van der Waals surface area contributed by atoms with Gasteiger partial charge in [-0.25, -0.2) is 4.98 Å². The third-order valence-corrected chi connectivity index (χ3v) is 5.40. The van der Waals surface area contributed by atoms with Crippen molar-refractivity contribution in [1.29, 1.82) is 0 Å². The third-order valence-electron chi connectivity index (χ3n) is 4.41. The quantitative estimate of drug-likeness (QED) is 0.874. The van der Waals surface area contributed by atoms with Gasteiger partial charge in [-0.05, 0) is 35.9 Å². The van der Waals surface area contributed by atoms with Gasteiger partial charge in [-0.1, -0.05) is 18.2 Å². The molecule has 1 atom stereocenters. The van der Waals surface area contributed by atoms with Crippen molar-refractivity contribution >= 4 is 23.7 Å². The van der Waals surface area contributed by atoms with Gasteiger partial charge in [0.1, 0.15) is 24.3 Å². The van der Waals surface area contributed by atoms with Crippen LogP contribution in [0.2, 0.25) is 0 Å². The molecule has 0 amide bonds. The number of hydrogen-bond acceptors (Lipinski definition) is 6. The van der Waals surface area contributed by atoms with Gasteiger partial charge in [-0.15, -0.1) is 11.8 Å². The summed E-state index contributed by atoms with van der Waals surface area (Å²) < 4.78 is 11.8. The smallest absolute Gasteiger partial charge is 0.128 e. The Morgan fingerprint density at radius 3 is 2.96 bits per heavy atom. The van der Waals surface area contributed by atoms with Crippen molar-refractivity contribution in [3.63, 3.8) is 0 Å². The summed E-state index contributed by atoms with van der Waals surface area (Å²) in [5.41, 5.74) is 1.21. The second-order valence-corrected chi connectivity index (χ2v) is 7.43. The average Bonchev–Trinajstić information content (AvgIpc) is 3.21. The number of aromatic nitrogens is 1. The first-order valence-corrected chi connectivity index (χ1v) is 9.90. The van der Waals surface area contributed by atoms with E-state index in [0.29, 0.717) is 13.2 Å². The molecular weight excluding hydrogens is 346 g/mol. The SMILES string of the molecule is C(=C1CNCS1)c1ccc(OC[C@@H]2CN(c3ccccn3)CCO2)cc1. The Bertz CT molecular complexity index is 728. The normalized spacial score (nSPS) is 21.9. The predicted octanol–water partition coefficient (Wildman–Crippen LogP) is 3.00. The third kappa shape index (κ3) is 4.58. The maximum absolute atomic E-state index is 5.94. The largest absolute Gasteiger partial charge is 0.491 e. The number of ether oxygens (including phenoxy) is 2. The fourth-order valence-corrected chi connectivity index (χ4v) is 3.88. The van der Waals surface area contributed by atoms with E-state index in [1.807, 2.05) is 48.3 Å². The molecule has 1 N–H and O–H groups in total. The van der Waals surface area contributed by atoms with Crippen LogP contribution >= 0.6 is 11.8 Å². The van der Waals surface area contributed by atoms with E-state index in [4.69, 9.17) is 9.47 Å². The summed E-state index contributed by atoms with van der Waals surface area (Å²) in [5, 5.41) is 3.32. The highest BCUT2D eigenvalue weighted by molar-refractivity contribution is 8.03. The lowest BCUT2D eigenvalue weighted by Crippen LogP contribution is -2.45. The molecule has 0 saturated carbocycles. The first-order chi connectivity index (χ1) is 12.9. The summed E-state index contributed by atoms with van der Waals surface area (Å²) in [6, 6.07) is 14.2. The van der Waals surface area contributed by atoms with Gasteiger partial charge in [0.2, 0.25) is 0 Å². The molecule has 0 radical (unpaired) electrons. The minimum Gasteiger partial charge on any atom is -0.491 e. The number of anilines is 1. The highest BCUT2D eigenvalue weighted by atomic mass is 32.2. The Balaban J connectivity index is 1.30. The van der Waals surface area contributed by atoms with Crippen molar-refractivity contribution in [2.24, 2.45) is 0 Å². The highest BCUT2D eigenvalue weighted by Crippen LogP contribution is 2.23. The van der Waals surface area contributed by atoms with Crippen LogP contribution in [0.15, 0.2) is 53.6 Å². The van der Waals surface area contributed by atoms with Gasteiger partial charge < -0.3 is 19.7 Å². The van der Waals surface area contributed by atoms with Crippen molar-refractivity contribution in [2.75, 3.05) is 43.6 Å². The van der Waals surface area contributed by atoms with Crippen molar-refractivity contribution < 1.29 is 9.47 Å². The Labute approximate surface area is 158 Å². The second-order valence-electron chi connectivity index (χ2n) is 6.33. The Morgan fingerprint density at radius 2 is 2.19 bits per heavy atom. The monoisotopic (exact) mass is 369 g/mol. The molecular formula is C20H23N3O2S. The van der Waals surface area contributed by atoms with Gasteiger partial charge in [-0.3, -0.25) is 0 Å². The number of pyridine rings is 1. The summed E-state index contributed by atoms with van der Waals surface area (Å²) in [4.78, 5) is 8.05. The van der Waals surface area contributed by atoms with E-state index in [1.165, 1.54) is 10.5 Å². The second kappa shape index (κ2) is 8.58. The van der Waals surface area contributed by atoms with E-state index in [1.54, 1.807) is 0 Å². The maximum atomic E-state index is 5.94. The number of hydrogen-bond donors (Lipinski definition) is 1. The van der Waals surface area contributed by atoms with Crippen LogP contribution in [0.25, 0.3) is 6.08 Å². The van der Waals surface area contributed by atoms with E-state index >= 15 is 0 Å². The molecule has 0 spiro atoms. The molecule has 136 valence electrons. The van der Waals surface area contributed by atoms with Gasteiger partial charge in [0.15, 0.2) is 0 Å². The van der Waals surface area contributed by atoms with Crippen LogP contribution in [0.4, 0.5) is 5.82 Å². The molecule has 0 unspecified atom stereocenters. The molecule has 4 rings (SSSR count). The topological polar surface area (TPSA) is 46.6 Å². The molecule has 1 aromatic heterocycles. The van der Waals surface area contributed by atoms with E-state index in [9.17, 15) is 0 Å². The molecule has 5 nitrogen and oxygen atoms in total. The molecule has 2 fully saturated rings.